The first-order valence-electron chi connectivity index (χ1n) is 4.31. The van der Waals surface area contributed by atoms with Gasteiger partial charge in [0.2, 0.25) is 0 Å². The fraction of sp³-hybridized carbons (Fsp3) is 0.400. The Morgan fingerprint density at radius 1 is 1.54 bits per heavy atom. The molecule has 1 aromatic rings. The first-order chi connectivity index (χ1) is 6.15. The Morgan fingerprint density at radius 2 is 2.23 bits per heavy atom. The van der Waals surface area contributed by atoms with Crippen molar-refractivity contribution in [3.05, 3.63) is 28.8 Å². The van der Waals surface area contributed by atoms with Gasteiger partial charge < -0.3 is 5.73 Å². The van der Waals surface area contributed by atoms with Crippen LogP contribution in [0.5, 0.6) is 0 Å². The molecule has 1 unspecified atom stereocenters. The molecule has 0 aliphatic rings. The number of hydrogen-bond donors (Lipinski definition) is 1. The Kier molecular flexibility index (Phi) is 3.94. The lowest BCUT2D eigenvalue weighted by atomic mass is 10.1. The number of nitrogens with two attached hydrogens (primary N) is 1. The van der Waals surface area contributed by atoms with Crippen molar-refractivity contribution in [2.75, 3.05) is 11.5 Å². The van der Waals surface area contributed by atoms with Gasteiger partial charge in [0.25, 0.3) is 0 Å². The molecule has 3 heteroatoms. The molecule has 0 saturated heterocycles. The summed E-state index contributed by atoms with van der Waals surface area (Å²) in [6, 6.07) is 5.64. The molecule has 0 saturated carbocycles. The summed E-state index contributed by atoms with van der Waals surface area (Å²) in [5.74, 6) is 1.09. The zero-order valence-corrected chi connectivity index (χ0v) is 9.45. The van der Waals surface area contributed by atoms with Gasteiger partial charge in [-0.3, -0.25) is 0 Å². The molecular formula is C10H14ClNS. The maximum atomic E-state index is 5.90. The normalized spacial score (nSPS) is 12.8. The average molecular weight is 216 g/mol. The lowest BCUT2D eigenvalue weighted by molar-refractivity contribution is 1.10. The zero-order chi connectivity index (χ0) is 9.84. The highest BCUT2D eigenvalue weighted by Crippen LogP contribution is 2.33. The number of thioether (sulfide) groups is 1. The number of halogens is 1. The molecule has 2 N–H and O–H groups in total. The van der Waals surface area contributed by atoms with E-state index in [-0.39, 0.29) is 0 Å². The SMILES string of the molecule is CCSC(C)c1cc(Cl)ccc1N. The molecule has 0 aliphatic carbocycles. The Morgan fingerprint density at radius 3 is 2.85 bits per heavy atom. The van der Waals surface area contributed by atoms with Crippen molar-refractivity contribution in [1.29, 1.82) is 0 Å². The van der Waals surface area contributed by atoms with Crippen LogP contribution in [0.25, 0.3) is 0 Å². The Bertz CT molecular complexity index is 288. The average Bonchev–Trinajstić information content (AvgIpc) is 2.09. The second-order valence-electron chi connectivity index (χ2n) is 2.87. The molecule has 0 heterocycles. The van der Waals surface area contributed by atoms with Crippen molar-refractivity contribution in [3.63, 3.8) is 0 Å². The van der Waals surface area contributed by atoms with Crippen molar-refractivity contribution in [1.82, 2.24) is 0 Å². The second-order valence-corrected chi connectivity index (χ2v) is 4.93. The Balaban J connectivity index is 2.91. The van der Waals surface area contributed by atoms with Crippen molar-refractivity contribution >= 4 is 29.1 Å². The molecule has 72 valence electrons. The van der Waals surface area contributed by atoms with Crippen LogP contribution in [0, 0.1) is 0 Å². The Hall–Kier alpha value is -0.340. The second kappa shape index (κ2) is 4.77. The van der Waals surface area contributed by atoms with Crippen LogP contribution >= 0.6 is 23.4 Å². The van der Waals surface area contributed by atoms with E-state index in [0.29, 0.717) is 5.25 Å². The van der Waals surface area contributed by atoms with Gasteiger partial charge in [-0.15, -0.1) is 0 Å². The number of hydrogen-bond acceptors (Lipinski definition) is 2. The summed E-state index contributed by atoms with van der Waals surface area (Å²) < 4.78 is 0. The smallest absolute Gasteiger partial charge is 0.0410 e. The van der Waals surface area contributed by atoms with Gasteiger partial charge in [-0.1, -0.05) is 18.5 Å². The summed E-state index contributed by atoms with van der Waals surface area (Å²) >= 11 is 7.76. The van der Waals surface area contributed by atoms with E-state index >= 15 is 0 Å². The van der Waals surface area contributed by atoms with Crippen LogP contribution in [0.3, 0.4) is 0 Å². The highest BCUT2D eigenvalue weighted by Gasteiger charge is 2.08. The molecule has 0 fully saturated rings. The first kappa shape index (κ1) is 10.7. The first-order valence-corrected chi connectivity index (χ1v) is 5.74. The fourth-order valence-electron chi connectivity index (χ4n) is 1.24. The number of benzene rings is 1. The largest absolute Gasteiger partial charge is 0.398 e. The minimum Gasteiger partial charge on any atom is -0.398 e. The minimum absolute atomic E-state index is 0.420. The molecule has 0 spiro atoms. The van der Waals surface area contributed by atoms with Gasteiger partial charge in [-0.05, 0) is 36.4 Å². The van der Waals surface area contributed by atoms with Crippen LogP contribution in [-0.2, 0) is 0 Å². The van der Waals surface area contributed by atoms with Gasteiger partial charge >= 0.3 is 0 Å². The van der Waals surface area contributed by atoms with E-state index < -0.39 is 0 Å². The predicted octanol–water partition coefficient (Wildman–Crippen LogP) is 3.74. The van der Waals surface area contributed by atoms with E-state index in [1.165, 1.54) is 0 Å². The molecule has 1 aromatic carbocycles. The Labute approximate surface area is 88.7 Å². The van der Waals surface area contributed by atoms with Crippen LogP contribution in [0.15, 0.2) is 18.2 Å². The highest BCUT2D eigenvalue weighted by molar-refractivity contribution is 7.99. The zero-order valence-electron chi connectivity index (χ0n) is 7.88. The number of rotatable bonds is 3. The maximum Gasteiger partial charge on any atom is 0.0410 e. The standard InChI is InChI=1S/C10H14ClNS/c1-3-13-7(2)9-6-8(11)4-5-10(9)12/h4-7H,3,12H2,1-2H3. The topological polar surface area (TPSA) is 26.0 Å². The van der Waals surface area contributed by atoms with Crippen LogP contribution < -0.4 is 5.73 Å². The summed E-state index contributed by atoms with van der Waals surface area (Å²) in [5.41, 5.74) is 7.82. The molecule has 13 heavy (non-hydrogen) atoms. The van der Waals surface area contributed by atoms with Gasteiger partial charge in [0, 0.05) is 16.0 Å². The lowest BCUT2D eigenvalue weighted by Gasteiger charge is -2.13. The summed E-state index contributed by atoms with van der Waals surface area (Å²) in [4.78, 5) is 0. The molecule has 1 nitrogen and oxygen atoms in total. The van der Waals surface area contributed by atoms with E-state index in [2.05, 4.69) is 13.8 Å². The summed E-state index contributed by atoms with van der Waals surface area (Å²) in [5, 5.41) is 1.18. The molecule has 0 bridgehead atoms. The third-order valence-corrected chi connectivity index (χ3v) is 3.23. The number of anilines is 1. The van der Waals surface area contributed by atoms with Crippen LogP contribution in [-0.4, -0.2) is 5.75 Å². The van der Waals surface area contributed by atoms with Gasteiger partial charge in [-0.25, -0.2) is 0 Å². The van der Waals surface area contributed by atoms with E-state index in [0.717, 1.165) is 22.0 Å². The van der Waals surface area contributed by atoms with E-state index in [4.69, 9.17) is 17.3 Å². The summed E-state index contributed by atoms with van der Waals surface area (Å²) in [7, 11) is 0. The molecule has 0 aliphatic heterocycles. The van der Waals surface area contributed by atoms with Gasteiger partial charge in [-0.2, -0.15) is 11.8 Å². The van der Waals surface area contributed by atoms with Crippen LogP contribution in [0.4, 0.5) is 5.69 Å². The van der Waals surface area contributed by atoms with Gasteiger partial charge in [0.15, 0.2) is 0 Å². The lowest BCUT2D eigenvalue weighted by Crippen LogP contribution is -1.96. The van der Waals surface area contributed by atoms with E-state index in [1.807, 2.05) is 30.0 Å². The highest BCUT2D eigenvalue weighted by atomic mass is 35.5. The fourth-order valence-corrected chi connectivity index (χ4v) is 2.30. The minimum atomic E-state index is 0.420. The number of nitrogen functional groups attached to an aromatic ring is 1. The van der Waals surface area contributed by atoms with Crippen LogP contribution in [0.1, 0.15) is 24.7 Å². The molecule has 1 atom stereocenters. The van der Waals surface area contributed by atoms with Crippen molar-refractivity contribution in [3.8, 4) is 0 Å². The maximum absolute atomic E-state index is 5.90. The van der Waals surface area contributed by atoms with Crippen LogP contribution in [0.2, 0.25) is 5.02 Å². The summed E-state index contributed by atoms with van der Waals surface area (Å²) in [6.45, 7) is 4.29. The molecule has 0 amide bonds. The van der Waals surface area contributed by atoms with E-state index in [9.17, 15) is 0 Å². The predicted molar refractivity (Wildman–Crippen MR) is 62.4 cm³/mol. The molecule has 0 radical (unpaired) electrons. The van der Waals surface area contributed by atoms with E-state index in [1.54, 1.807) is 0 Å². The molecule has 0 aromatic heterocycles. The quantitative estimate of drug-likeness (QED) is 0.778. The van der Waals surface area contributed by atoms with Crippen molar-refractivity contribution in [2.24, 2.45) is 0 Å². The molecule has 1 rings (SSSR count). The molecular weight excluding hydrogens is 202 g/mol. The third-order valence-electron chi connectivity index (χ3n) is 1.90. The monoisotopic (exact) mass is 215 g/mol. The van der Waals surface area contributed by atoms with Gasteiger partial charge in [0.05, 0.1) is 0 Å². The summed E-state index contributed by atoms with van der Waals surface area (Å²) in [6.07, 6.45) is 0. The van der Waals surface area contributed by atoms with Crippen molar-refractivity contribution < 1.29 is 0 Å². The van der Waals surface area contributed by atoms with Crippen molar-refractivity contribution in [2.45, 2.75) is 19.1 Å². The third kappa shape index (κ3) is 2.82. The van der Waals surface area contributed by atoms with Gasteiger partial charge in [0.1, 0.15) is 0 Å².